The Labute approximate surface area is 651 Å². The second-order valence-electron chi connectivity index (χ2n) is 32.5. The molecule has 0 bridgehead atoms. The van der Waals surface area contributed by atoms with Crippen LogP contribution in [0, 0.1) is 0 Å². The van der Waals surface area contributed by atoms with E-state index in [1.54, 1.807) is 0 Å². The van der Waals surface area contributed by atoms with Gasteiger partial charge in [0.15, 0.2) is 16.6 Å². The minimum absolute atomic E-state index is 0. The first-order valence-electron chi connectivity index (χ1n) is 35.9. The molecule has 0 aliphatic carbocycles. The molecule has 17 heteroatoms. The van der Waals surface area contributed by atoms with Gasteiger partial charge in [-0.25, -0.2) is 0 Å². The number of nitrogens with zero attached hydrogens (tertiary/aromatic N) is 2. The van der Waals surface area contributed by atoms with Gasteiger partial charge in [0.25, 0.3) is 16.6 Å². The van der Waals surface area contributed by atoms with E-state index in [0.717, 1.165) is 101 Å². The molecule has 6 aromatic rings. The molecule has 0 amide bonds. The zero-order chi connectivity index (χ0) is 72.0. The predicted molar refractivity (Wildman–Crippen MR) is 439 cm³/mol. The van der Waals surface area contributed by atoms with Crippen molar-refractivity contribution in [2.24, 2.45) is 0 Å². The first-order valence-corrected chi connectivity index (χ1v) is 53.2. The summed E-state index contributed by atoms with van der Waals surface area (Å²) in [6.45, 7) is 63.5. The molecule has 0 aliphatic heterocycles. The fourth-order valence-corrected chi connectivity index (χ4v) is 31.0. The normalized spacial score (nSPS) is 12.6. The first-order chi connectivity index (χ1) is 44.8. The molecule has 0 radical (unpaired) electrons. The van der Waals surface area contributed by atoms with Gasteiger partial charge in [-0.15, -0.1) is 0 Å². The van der Waals surface area contributed by atoms with Crippen molar-refractivity contribution in [1.82, 2.24) is 5.32 Å². The molecule has 6 aromatic carbocycles. The molecule has 0 saturated heterocycles. The second kappa shape index (κ2) is 43.2. The predicted octanol–water partition coefficient (Wildman–Crippen LogP) is 17.9. The molecule has 9 nitrogen and oxygen atoms in total. The summed E-state index contributed by atoms with van der Waals surface area (Å²) in [5.41, 5.74) is 1.20. The van der Waals surface area contributed by atoms with Crippen LogP contribution in [-0.4, -0.2) is 116 Å². The van der Waals surface area contributed by atoms with E-state index in [1.807, 2.05) is 24.3 Å². The standard InChI is InChI=1S/C37H57NO3Si2.C26H31BrO2Si.C11H27NOSi.C6H18NSi2.K/c1-10-26-38(27-30-40-42(8,9)36(2,3)4)32-20-19-21-33(31-32)39-28-17-18-29-41-43(37(5,6)7,34-22-13-11-14-23-34)35-24-15-12-16-25-35;1-26(2,3)30(24-15-6-4-7-16-24,25-17-8-5-9-18-25)29-20-11-10-19-28-23-14-12-13-22(27)21-23;1-7-8-12-9-10-13-14(5,6)11(2,3)4;1-8(2,3)7-9(4,5)6;/h11-16,19-25,31H,10,17-18,26-30H2,1-9H3;4-9,12-18,21H,10-11,19-20H2,1-3H3;12H,7-10H2,1-6H3;1-6H3;/q;;;-1;+1. The Bertz CT molecular complexity index is 2950. The minimum atomic E-state index is -2.49. The van der Waals surface area contributed by atoms with Crippen LogP contribution in [0.1, 0.15) is 135 Å². The van der Waals surface area contributed by atoms with Crippen LogP contribution in [-0.2, 0) is 17.7 Å². The number of nitrogens with one attached hydrogen (secondary N) is 1. The van der Waals surface area contributed by atoms with Crippen molar-refractivity contribution in [2.75, 3.05) is 70.7 Å². The van der Waals surface area contributed by atoms with Crippen molar-refractivity contribution in [3.8, 4) is 11.5 Å². The topological polar surface area (TPSA) is 84.8 Å². The summed E-state index contributed by atoms with van der Waals surface area (Å²) in [5, 5.41) is 9.23. The van der Waals surface area contributed by atoms with Gasteiger partial charge in [0.2, 0.25) is 0 Å². The third-order valence-electron chi connectivity index (χ3n) is 17.8. The Morgan fingerprint density at radius 1 is 0.381 bits per heavy atom. The number of unbranched alkanes of at least 4 members (excludes halogenated alkanes) is 2. The SMILES string of the molecule is CC(C)(C)[Si](OCCCCOc1cccc(Br)c1)(c1ccccc1)c1ccccc1.CCCN(CCO[Si](C)(C)C(C)(C)C)c1cccc(OCCCCO[Si](c2ccccc2)(c2ccccc2)C(C)(C)C)c1.CCCNCCO[Si](C)(C)C(C)(C)C.C[Si](C)(C)[N-][Si](C)(C)C.[K+]. The van der Waals surface area contributed by atoms with Crippen LogP contribution in [0.3, 0.4) is 0 Å². The van der Waals surface area contributed by atoms with Gasteiger partial charge in [-0.1, -0.05) is 302 Å². The quantitative estimate of drug-likeness (QED) is 0.0322. The summed E-state index contributed by atoms with van der Waals surface area (Å²) in [7, 11) is -10.4. The summed E-state index contributed by atoms with van der Waals surface area (Å²) in [6.07, 6.45) is 6.12. The van der Waals surface area contributed by atoms with Crippen LogP contribution in [0.2, 0.25) is 85.6 Å². The van der Waals surface area contributed by atoms with Gasteiger partial charge in [-0.05, 0) is 142 Å². The first kappa shape index (κ1) is 91.0. The molecule has 97 heavy (non-hydrogen) atoms. The third kappa shape index (κ3) is 31.8. The number of rotatable bonds is 33. The van der Waals surface area contributed by atoms with Crippen LogP contribution in [0.4, 0.5) is 5.69 Å². The maximum absolute atomic E-state index is 7.05. The van der Waals surface area contributed by atoms with Gasteiger partial charge in [0, 0.05) is 55.7 Å². The summed E-state index contributed by atoms with van der Waals surface area (Å²) in [4.78, 5) is 2.43. The van der Waals surface area contributed by atoms with Gasteiger partial charge >= 0.3 is 51.4 Å². The molecular weight excluding hydrogens is 1390 g/mol. The van der Waals surface area contributed by atoms with Crippen LogP contribution in [0.25, 0.3) is 4.65 Å². The number of ether oxygens (including phenoxy) is 2. The largest absolute Gasteiger partial charge is 1.00 e. The van der Waals surface area contributed by atoms with Crippen molar-refractivity contribution in [2.45, 2.75) is 221 Å². The molecule has 0 heterocycles. The van der Waals surface area contributed by atoms with E-state index in [4.69, 9.17) is 31.8 Å². The number of hydrogen-bond acceptors (Lipinski definition) is 8. The summed E-state index contributed by atoms with van der Waals surface area (Å²) in [6, 6.07) is 59.9. The Morgan fingerprint density at radius 2 is 0.742 bits per heavy atom. The van der Waals surface area contributed by atoms with E-state index in [-0.39, 0.29) is 66.5 Å². The van der Waals surface area contributed by atoms with Crippen molar-refractivity contribution in [3.63, 3.8) is 0 Å². The fraction of sp³-hybridized carbons (Fsp3) is 0.550. The smallest absolute Gasteiger partial charge is 0.668 e. The summed E-state index contributed by atoms with van der Waals surface area (Å²) < 4.78 is 44.4. The van der Waals surface area contributed by atoms with Crippen LogP contribution in [0.15, 0.2) is 174 Å². The van der Waals surface area contributed by atoms with Gasteiger partial charge < -0.3 is 42.0 Å². The number of hydrogen-bond donors (Lipinski definition) is 1. The molecule has 6 rings (SSSR count). The number of halogens is 1. The van der Waals surface area contributed by atoms with Crippen molar-refractivity contribution in [1.29, 1.82) is 0 Å². The zero-order valence-electron chi connectivity index (χ0n) is 65.7. The van der Waals surface area contributed by atoms with E-state index in [9.17, 15) is 0 Å². The fourth-order valence-electron chi connectivity index (χ4n) is 11.3. The van der Waals surface area contributed by atoms with Crippen LogP contribution >= 0.6 is 15.9 Å². The molecule has 0 aliphatic rings. The molecule has 0 aromatic heterocycles. The second-order valence-corrected chi connectivity index (χ2v) is 61.2. The molecule has 0 fully saturated rings. The van der Waals surface area contributed by atoms with Gasteiger partial charge in [-0.3, -0.25) is 0 Å². The number of anilines is 1. The van der Waals surface area contributed by atoms with Crippen molar-refractivity contribution >= 4 is 92.1 Å². The van der Waals surface area contributed by atoms with Gasteiger partial charge in [0.1, 0.15) is 11.5 Å². The average molecular weight is 1520 g/mol. The van der Waals surface area contributed by atoms with Gasteiger partial charge in [0.05, 0.1) is 19.8 Å². The van der Waals surface area contributed by atoms with E-state index < -0.39 is 49.7 Å². The Kier molecular flexibility index (Phi) is 40.6. The van der Waals surface area contributed by atoms with Crippen molar-refractivity contribution < 1.29 is 78.6 Å². The van der Waals surface area contributed by atoms with Gasteiger partial charge in [-0.2, -0.15) is 0 Å². The summed E-state index contributed by atoms with van der Waals surface area (Å²) >= 11 is 3.49. The molecule has 0 spiro atoms. The summed E-state index contributed by atoms with van der Waals surface area (Å²) in [5.74, 6) is 1.83. The molecule has 0 unspecified atom stereocenters. The Morgan fingerprint density at radius 3 is 1.07 bits per heavy atom. The Hall–Kier alpha value is -2.10. The molecular formula is C80H133BrKN3O6Si6. The van der Waals surface area contributed by atoms with Crippen LogP contribution < -0.4 is 91.8 Å². The molecule has 536 valence electrons. The Balaban J connectivity index is 0.000000509. The van der Waals surface area contributed by atoms with E-state index in [0.29, 0.717) is 18.3 Å². The maximum Gasteiger partial charge on any atom is 1.00 e. The van der Waals surface area contributed by atoms with E-state index >= 15 is 0 Å². The molecule has 0 atom stereocenters. The number of benzene rings is 6. The monoisotopic (exact) mass is 1520 g/mol. The molecule has 1 N–H and O–H groups in total. The molecule has 0 saturated carbocycles. The third-order valence-corrected chi connectivity index (χ3v) is 42.9. The minimum Gasteiger partial charge on any atom is -0.668 e. The maximum atomic E-state index is 7.05. The van der Waals surface area contributed by atoms with Crippen molar-refractivity contribution in [3.05, 3.63) is 179 Å². The van der Waals surface area contributed by atoms with Crippen LogP contribution in [0.5, 0.6) is 11.5 Å². The van der Waals surface area contributed by atoms with E-state index in [2.05, 4.69) is 334 Å². The average Bonchev–Trinajstić information content (AvgIpc) is 0.756. The van der Waals surface area contributed by atoms with E-state index in [1.165, 1.54) is 32.9 Å². The zero-order valence-corrected chi connectivity index (χ0v) is 76.4.